The number of rotatable bonds is 7. The fourth-order valence-electron chi connectivity index (χ4n) is 1.82. The molecule has 1 aliphatic carbocycles. The van der Waals surface area contributed by atoms with Crippen molar-refractivity contribution in [1.82, 2.24) is 5.32 Å². The van der Waals surface area contributed by atoms with Crippen LogP contribution < -0.4 is 5.32 Å². The average Bonchev–Trinajstić information content (AvgIpc) is 3.07. The molecule has 1 aliphatic rings. The van der Waals surface area contributed by atoms with Gasteiger partial charge in [-0.1, -0.05) is 20.8 Å². The third-order valence-electron chi connectivity index (χ3n) is 3.48. The summed E-state index contributed by atoms with van der Waals surface area (Å²) in [6.45, 7) is 9.74. The van der Waals surface area contributed by atoms with Gasteiger partial charge in [-0.15, -0.1) is 0 Å². The Kier molecular flexibility index (Phi) is 4.76. The second-order valence-electron chi connectivity index (χ2n) is 5.15. The molecule has 2 unspecified atom stereocenters. The van der Waals surface area contributed by atoms with Crippen molar-refractivity contribution in [3.05, 3.63) is 0 Å². The summed E-state index contributed by atoms with van der Waals surface area (Å²) in [5, 5.41) is 12.7. The molecule has 0 radical (unpaired) electrons. The molecule has 0 spiro atoms. The Hall–Kier alpha value is -0.590. The summed E-state index contributed by atoms with van der Waals surface area (Å²) in [5.41, 5.74) is -0.447. The summed E-state index contributed by atoms with van der Waals surface area (Å²) < 4.78 is 5.83. The largest absolute Gasteiger partial charge is 0.375 e. The maximum atomic E-state index is 9.38. The Morgan fingerprint density at radius 1 is 1.44 bits per heavy atom. The zero-order valence-corrected chi connectivity index (χ0v) is 10.9. The fourth-order valence-corrected chi connectivity index (χ4v) is 1.82. The summed E-state index contributed by atoms with van der Waals surface area (Å²) in [4.78, 5) is 0. The lowest BCUT2D eigenvalue weighted by molar-refractivity contribution is 0.00416. The minimum Gasteiger partial charge on any atom is -0.375 e. The van der Waals surface area contributed by atoms with Crippen LogP contribution in [0.15, 0.2) is 0 Å². The Morgan fingerprint density at radius 3 is 2.44 bits per heavy atom. The molecule has 0 bridgehead atoms. The molecule has 1 rings (SSSR count). The number of ether oxygens (including phenoxy) is 1. The molecule has 16 heavy (non-hydrogen) atoms. The first kappa shape index (κ1) is 13.5. The van der Waals surface area contributed by atoms with E-state index in [1.54, 1.807) is 0 Å². The van der Waals surface area contributed by atoms with Gasteiger partial charge >= 0.3 is 0 Å². The second-order valence-corrected chi connectivity index (χ2v) is 5.15. The maximum absolute atomic E-state index is 9.38. The van der Waals surface area contributed by atoms with Crippen LogP contribution in [-0.2, 0) is 4.74 Å². The zero-order chi connectivity index (χ0) is 12.2. The molecular formula is C13H24N2O. The van der Waals surface area contributed by atoms with E-state index < -0.39 is 5.54 Å². The van der Waals surface area contributed by atoms with Gasteiger partial charge in [-0.25, -0.2) is 0 Å². The van der Waals surface area contributed by atoms with E-state index >= 15 is 0 Å². The molecule has 0 aliphatic heterocycles. The van der Waals surface area contributed by atoms with Gasteiger partial charge in [0.25, 0.3) is 0 Å². The lowest BCUT2D eigenvalue weighted by Crippen LogP contribution is -2.50. The summed E-state index contributed by atoms with van der Waals surface area (Å²) in [6.07, 6.45) is 2.52. The van der Waals surface area contributed by atoms with Gasteiger partial charge in [0.2, 0.25) is 0 Å². The minimum absolute atomic E-state index is 0.213. The molecule has 1 saturated carbocycles. The third kappa shape index (κ3) is 3.20. The molecule has 0 aromatic heterocycles. The summed E-state index contributed by atoms with van der Waals surface area (Å²) in [5.74, 6) is 0.981. The van der Waals surface area contributed by atoms with Crippen molar-refractivity contribution in [2.45, 2.75) is 52.2 Å². The smallest absolute Gasteiger partial charge is 0.133 e. The van der Waals surface area contributed by atoms with Crippen molar-refractivity contribution in [3.63, 3.8) is 0 Å². The van der Waals surface area contributed by atoms with Gasteiger partial charge in [0.15, 0.2) is 0 Å². The van der Waals surface area contributed by atoms with E-state index in [1.807, 2.05) is 6.92 Å². The van der Waals surface area contributed by atoms with E-state index in [-0.39, 0.29) is 6.10 Å². The number of hydrogen-bond acceptors (Lipinski definition) is 3. The molecule has 1 N–H and O–H groups in total. The van der Waals surface area contributed by atoms with Crippen LogP contribution in [0.4, 0.5) is 0 Å². The van der Waals surface area contributed by atoms with E-state index in [1.165, 1.54) is 0 Å². The number of likely N-dealkylation sites (N-methyl/N-ethyl adjacent to an activating group) is 1. The minimum atomic E-state index is -0.447. The molecule has 0 amide bonds. The molecule has 2 atom stereocenters. The highest BCUT2D eigenvalue weighted by molar-refractivity contribution is 5.15. The quantitative estimate of drug-likeness (QED) is 0.722. The Labute approximate surface area is 99.2 Å². The first-order valence-electron chi connectivity index (χ1n) is 6.33. The highest BCUT2D eigenvalue weighted by Gasteiger charge is 2.45. The molecule has 0 aromatic carbocycles. The van der Waals surface area contributed by atoms with Crippen LogP contribution in [-0.4, -0.2) is 24.8 Å². The van der Waals surface area contributed by atoms with Crippen LogP contribution in [0.25, 0.3) is 0 Å². The van der Waals surface area contributed by atoms with Crippen molar-refractivity contribution in [2.24, 2.45) is 11.8 Å². The normalized spacial score (nSPS) is 21.5. The second kappa shape index (κ2) is 5.65. The van der Waals surface area contributed by atoms with Crippen LogP contribution >= 0.6 is 0 Å². The average molecular weight is 224 g/mol. The van der Waals surface area contributed by atoms with Crippen LogP contribution in [0.5, 0.6) is 0 Å². The highest BCUT2D eigenvalue weighted by Crippen LogP contribution is 2.39. The SMILES string of the molecule is CCNC(C#N)(COC(C)C(C)C)C1CC1. The molecule has 0 aromatic rings. The summed E-state index contributed by atoms with van der Waals surface area (Å²) in [6, 6.07) is 2.44. The van der Waals surface area contributed by atoms with E-state index in [9.17, 15) is 5.26 Å². The molecule has 0 heterocycles. The lowest BCUT2D eigenvalue weighted by atomic mass is 9.96. The first-order valence-corrected chi connectivity index (χ1v) is 6.33. The number of hydrogen-bond donors (Lipinski definition) is 1. The highest BCUT2D eigenvalue weighted by atomic mass is 16.5. The number of nitriles is 1. The van der Waals surface area contributed by atoms with Gasteiger partial charge in [-0.3, -0.25) is 5.32 Å². The molecule has 3 heteroatoms. The number of nitrogens with one attached hydrogen (secondary N) is 1. The predicted octanol–water partition coefficient (Wildman–Crippen LogP) is 2.33. The third-order valence-corrected chi connectivity index (χ3v) is 3.48. The van der Waals surface area contributed by atoms with Gasteiger partial charge in [-0.2, -0.15) is 5.26 Å². The van der Waals surface area contributed by atoms with Gasteiger partial charge in [0.1, 0.15) is 5.54 Å². The Morgan fingerprint density at radius 2 is 2.06 bits per heavy atom. The first-order chi connectivity index (χ1) is 7.55. The van der Waals surface area contributed by atoms with Crippen molar-refractivity contribution in [1.29, 1.82) is 5.26 Å². The van der Waals surface area contributed by atoms with Crippen molar-refractivity contribution < 1.29 is 4.74 Å². The molecule has 0 saturated heterocycles. The van der Waals surface area contributed by atoms with Crippen LogP contribution in [0.2, 0.25) is 0 Å². The van der Waals surface area contributed by atoms with E-state index in [2.05, 4.69) is 32.2 Å². The van der Waals surface area contributed by atoms with E-state index in [4.69, 9.17) is 4.74 Å². The van der Waals surface area contributed by atoms with Crippen molar-refractivity contribution in [3.8, 4) is 6.07 Å². The van der Waals surface area contributed by atoms with Crippen molar-refractivity contribution in [2.75, 3.05) is 13.2 Å². The van der Waals surface area contributed by atoms with Gasteiger partial charge in [0.05, 0.1) is 18.8 Å². The molecule has 1 fully saturated rings. The van der Waals surface area contributed by atoms with E-state index in [0.717, 1.165) is 19.4 Å². The summed E-state index contributed by atoms with van der Waals surface area (Å²) in [7, 11) is 0. The van der Waals surface area contributed by atoms with Gasteiger partial charge in [-0.05, 0) is 38.1 Å². The standard InChI is InChI=1S/C13H24N2O/c1-5-15-13(8-14,12-6-7-12)9-16-11(4)10(2)3/h10-12,15H,5-7,9H2,1-4H3. The van der Waals surface area contributed by atoms with Crippen LogP contribution in [0, 0.1) is 23.2 Å². The predicted molar refractivity (Wildman–Crippen MR) is 65.0 cm³/mol. The Bertz CT molecular complexity index is 255. The number of nitrogens with zero attached hydrogens (tertiary/aromatic N) is 1. The Balaban J connectivity index is 2.54. The monoisotopic (exact) mass is 224 g/mol. The van der Waals surface area contributed by atoms with Crippen LogP contribution in [0.1, 0.15) is 40.5 Å². The fraction of sp³-hybridized carbons (Fsp3) is 0.923. The summed E-state index contributed by atoms with van der Waals surface area (Å²) >= 11 is 0. The maximum Gasteiger partial charge on any atom is 0.133 e. The molecule has 92 valence electrons. The molecular weight excluding hydrogens is 200 g/mol. The van der Waals surface area contributed by atoms with Gasteiger partial charge < -0.3 is 4.74 Å². The van der Waals surface area contributed by atoms with Crippen molar-refractivity contribution >= 4 is 0 Å². The van der Waals surface area contributed by atoms with E-state index in [0.29, 0.717) is 18.4 Å². The topological polar surface area (TPSA) is 45.0 Å². The van der Waals surface area contributed by atoms with Gasteiger partial charge in [0, 0.05) is 0 Å². The van der Waals surface area contributed by atoms with Crippen LogP contribution in [0.3, 0.4) is 0 Å². The molecule has 3 nitrogen and oxygen atoms in total. The zero-order valence-electron chi connectivity index (χ0n) is 10.9. The lowest BCUT2D eigenvalue weighted by Gasteiger charge is -2.29.